The van der Waals surface area contributed by atoms with Crippen molar-refractivity contribution in [1.29, 1.82) is 0 Å². The largest absolute Gasteiger partial charge is 0.489 e. The van der Waals surface area contributed by atoms with Crippen LogP contribution in [0.25, 0.3) is 0 Å². The Hall–Kier alpha value is -1.35. The Morgan fingerprint density at radius 3 is 2.61 bits per heavy atom. The smallest absolute Gasteiger partial charge is 0.124 e. The monoisotopic (exact) mass is 308 g/mol. The minimum atomic E-state index is -0.252. The fourth-order valence-corrected chi connectivity index (χ4v) is 2.12. The van der Waals surface area contributed by atoms with Crippen molar-refractivity contribution in [3.8, 4) is 5.75 Å². The van der Waals surface area contributed by atoms with E-state index < -0.39 is 0 Å². The van der Waals surface area contributed by atoms with E-state index in [-0.39, 0.29) is 5.82 Å². The summed E-state index contributed by atoms with van der Waals surface area (Å²) in [6, 6.07) is 10.7. The molecule has 0 fully saturated rings. The van der Waals surface area contributed by atoms with E-state index >= 15 is 0 Å². The lowest BCUT2D eigenvalue weighted by Crippen LogP contribution is -1.98. The van der Waals surface area contributed by atoms with Crippen LogP contribution in [0.4, 0.5) is 4.39 Å². The quantitative estimate of drug-likeness (QED) is 0.792. The first-order chi connectivity index (χ1) is 8.56. The molecule has 3 heteroatoms. The summed E-state index contributed by atoms with van der Waals surface area (Å²) in [6.07, 6.45) is 0. The van der Waals surface area contributed by atoms with Crippen LogP contribution < -0.4 is 4.74 Å². The predicted molar refractivity (Wildman–Crippen MR) is 74.3 cm³/mol. The second-order valence-electron chi connectivity index (χ2n) is 4.29. The summed E-state index contributed by atoms with van der Waals surface area (Å²) >= 11 is 3.33. The van der Waals surface area contributed by atoms with Gasteiger partial charge in [0.25, 0.3) is 0 Å². The third kappa shape index (κ3) is 3.10. The van der Waals surface area contributed by atoms with E-state index in [1.807, 2.05) is 26.0 Å². The number of ether oxygens (including phenoxy) is 1. The van der Waals surface area contributed by atoms with Crippen LogP contribution in [-0.4, -0.2) is 0 Å². The van der Waals surface area contributed by atoms with Gasteiger partial charge >= 0.3 is 0 Å². The molecule has 2 aromatic carbocycles. The van der Waals surface area contributed by atoms with Crippen molar-refractivity contribution < 1.29 is 9.13 Å². The van der Waals surface area contributed by atoms with E-state index in [4.69, 9.17) is 4.74 Å². The van der Waals surface area contributed by atoms with Gasteiger partial charge in [0, 0.05) is 10.0 Å². The molecule has 94 valence electrons. The molecule has 18 heavy (non-hydrogen) atoms. The Balaban J connectivity index is 2.13. The van der Waals surface area contributed by atoms with Crippen LogP contribution in [0.15, 0.2) is 40.9 Å². The molecule has 0 aromatic heterocycles. The molecule has 0 unspecified atom stereocenters. The van der Waals surface area contributed by atoms with Gasteiger partial charge in [-0.2, -0.15) is 0 Å². The molecule has 0 spiro atoms. The van der Waals surface area contributed by atoms with Gasteiger partial charge in [-0.3, -0.25) is 0 Å². The van der Waals surface area contributed by atoms with Crippen molar-refractivity contribution in [1.82, 2.24) is 0 Å². The minimum absolute atomic E-state index is 0.252. The molecule has 0 heterocycles. The maximum atomic E-state index is 13.0. The number of hydrogen-bond acceptors (Lipinski definition) is 1. The highest BCUT2D eigenvalue weighted by atomic mass is 79.9. The first kappa shape index (κ1) is 13.1. The predicted octanol–water partition coefficient (Wildman–Crippen LogP) is 4.78. The fraction of sp³-hybridized carbons (Fsp3) is 0.200. The molecular formula is C15H14BrFO. The SMILES string of the molecule is Cc1ccc(C)c(OCc2ccc(F)cc2Br)c1. The Kier molecular flexibility index (Phi) is 4.02. The van der Waals surface area contributed by atoms with Gasteiger partial charge in [-0.25, -0.2) is 4.39 Å². The van der Waals surface area contributed by atoms with Gasteiger partial charge in [0.2, 0.25) is 0 Å². The van der Waals surface area contributed by atoms with E-state index in [1.165, 1.54) is 12.1 Å². The van der Waals surface area contributed by atoms with Crippen LogP contribution >= 0.6 is 15.9 Å². The van der Waals surface area contributed by atoms with Crippen LogP contribution in [0.2, 0.25) is 0 Å². The Labute approximate surface area is 115 Å². The average Bonchev–Trinajstić information content (AvgIpc) is 2.32. The molecule has 0 radical (unpaired) electrons. The molecule has 0 aliphatic carbocycles. The summed E-state index contributed by atoms with van der Waals surface area (Å²) in [4.78, 5) is 0. The lowest BCUT2D eigenvalue weighted by atomic mass is 10.1. The standard InChI is InChI=1S/C15H14BrFO/c1-10-3-4-11(2)15(7-10)18-9-12-5-6-13(17)8-14(12)16/h3-8H,9H2,1-2H3. The first-order valence-corrected chi connectivity index (χ1v) is 6.49. The Bertz CT molecular complexity index is 566. The van der Waals surface area contributed by atoms with Crippen molar-refractivity contribution in [3.63, 3.8) is 0 Å². The molecule has 0 bridgehead atoms. The zero-order chi connectivity index (χ0) is 13.1. The first-order valence-electron chi connectivity index (χ1n) is 5.70. The second kappa shape index (κ2) is 5.53. The molecule has 0 aliphatic heterocycles. The molecular weight excluding hydrogens is 295 g/mol. The molecule has 2 aromatic rings. The van der Waals surface area contributed by atoms with Gasteiger partial charge in [0.15, 0.2) is 0 Å². The summed E-state index contributed by atoms with van der Waals surface area (Å²) in [6.45, 7) is 4.46. The van der Waals surface area contributed by atoms with E-state index in [0.717, 1.165) is 26.9 Å². The third-order valence-corrected chi connectivity index (χ3v) is 3.48. The summed E-state index contributed by atoms with van der Waals surface area (Å²) in [5.41, 5.74) is 3.19. The maximum absolute atomic E-state index is 13.0. The van der Waals surface area contributed by atoms with Gasteiger partial charge < -0.3 is 4.74 Å². The highest BCUT2D eigenvalue weighted by Gasteiger charge is 2.04. The fourth-order valence-electron chi connectivity index (χ4n) is 1.66. The maximum Gasteiger partial charge on any atom is 0.124 e. The van der Waals surface area contributed by atoms with Gasteiger partial charge in [-0.05, 0) is 43.2 Å². The van der Waals surface area contributed by atoms with Crippen LogP contribution in [0.1, 0.15) is 16.7 Å². The molecule has 0 amide bonds. The molecule has 0 aliphatic rings. The van der Waals surface area contributed by atoms with Crippen LogP contribution in [0.3, 0.4) is 0 Å². The zero-order valence-corrected chi connectivity index (χ0v) is 11.9. The van der Waals surface area contributed by atoms with Gasteiger partial charge in [0.1, 0.15) is 18.2 Å². The van der Waals surface area contributed by atoms with E-state index in [2.05, 4.69) is 22.0 Å². The molecule has 0 atom stereocenters. The summed E-state index contributed by atoms with van der Waals surface area (Å²) < 4.78 is 19.5. The average molecular weight is 309 g/mol. The van der Waals surface area contributed by atoms with Crippen molar-refractivity contribution in [3.05, 3.63) is 63.4 Å². The van der Waals surface area contributed by atoms with E-state index in [1.54, 1.807) is 6.07 Å². The number of halogens is 2. The molecule has 0 N–H and O–H groups in total. The summed E-state index contributed by atoms with van der Waals surface area (Å²) in [7, 11) is 0. The van der Waals surface area contributed by atoms with Crippen molar-refractivity contribution in [2.45, 2.75) is 20.5 Å². The lowest BCUT2D eigenvalue weighted by molar-refractivity contribution is 0.303. The number of benzene rings is 2. The van der Waals surface area contributed by atoms with E-state index in [9.17, 15) is 4.39 Å². The normalized spacial score (nSPS) is 10.4. The summed E-state index contributed by atoms with van der Waals surface area (Å²) in [5, 5.41) is 0. The molecule has 2 rings (SSSR count). The number of hydrogen-bond donors (Lipinski definition) is 0. The van der Waals surface area contributed by atoms with Crippen molar-refractivity contribution in [2.24, 2.45) is 0 Å². The van der Waals surface area contributed by atoms with Crippen LogP contribution in [-0.2, 0) is 6.61 Å². The van der Waals surface area contributed by atoms with Gasteiger partial charge in [-0.15, -0.1) is 0 Å². The van der Waals surface area contributed by atoms with Gasteiger partial charge in [-0.1, -0.05) is 34.1 Å². The van der Waals surface area contributed by atoms with Crippen LogP contribution in [0, 0.1) is 19.7 Å². The Morgan fingerprint density at radius 1 is 1.11 bits per heavy atom. The lowest BCUT2D eigenvalue weighted by Gasteiger charge is -2.11. The third-order valence-electron chi connectivity index (χ3n) is 2.74. The second-order valence-corrected chi connectivity index (χ2v) is 5.15. The summed E-state index contributed by atoms with van der Waals surface area (Å²) in [5.74, 6) is 0.614. The highest BCUT2D eigenvalue weighted by molar-refractivity contribution is 9.10. The molecule has 0 saturated carbocycles. The van der Waals surface area contributed by atoms with Crippen molar-refractivity contribution >= 4 is 15.9 Å². The molecule has 1 nitrogen and oxygen atoms in total. The van der Waals surface area contributed by atoms with Crippen molar-refractivity contribution in [2.75, 3.05) is 0 Å². The zero-order valence-electron chi connectivity index (χ0n) is 10.3. The topological polar surface area (TPSA) is 9.23 Å². The minimum Gasteiger partial charge on any atom is -0.489 e. The van der Waals surface area contributed by atoms with Gasteiger partial charge in [0.05, 0.1) is 0 Å². The Morgan fingerprint density at radius 2 is 1.89 bits per heavy atom. The van der Waals surface area contributed by atoms with Crippen LogP contribution in [0.5, 0.6) is 5.75 Å². The number of rotatable bonds is 3. The van der Waals surface area contributed by atoms with E-state index in [0.29, 0.717) is 6.61 Å². The molecule has 0 saturated heterocycles. The number of aryl methyl sites for hydroxylation is 2. The highest BCUT2D eigenvalue weighted by Crippen LogP contribution is 2.23.